The van der Waals surface area contributed by atoms with Crippen LogP contribution >= 0.6 is 0 Å². The molecule has 1 aromatic rings. The number of hydrogen-bond donors (Lipinski definition) is 1. The molecule has 1 atom stereocenters. The summed E-state index contributed by atoms with van der Waals surface area (Å²) in [5.41, 5.74) is 0. The summed E-state index contributed by atoms with van der Waals surface area (Å²) in [6, 6.07) is 6.31. The number of phenolic OH excluding ortho intramolecular Hbond substituents is 1. The number of phenols is 1. The van der Waals surface area contributed by atoms with Gasteiger partial charge >= 0.3 is 17.9 Å². The van der Waals surface area contributed by atoms with E-state index in [0.717, 1.165) is 6.08 Å². The van der Waals surface area contributed by atoms with Crippen LogP contribution in [-0.4, -0.2) is 49.4 Å². The van der Waals surface area contributed by atoms with Gasteiger partial charge in [-0.2, -0.15) is 0 Å². The molecule has 0 fully saturated rings. The number of hydrogen-bond acceptors (Lipinski definition) is 8. The molecule has 154 valence electrons. The van der Waals surface area contributed by atoms with Crippen LogP contribution in [0.2, 0.25) is 0 Å². The number of carbonyl (C=O) groups excluding carboxylic acids is 3. The Morgan fingerprint density at radius 3 is 2.25 bits per heavy atom. The molecule has 0 spiro atoms. The number of aromatic hydroxyl groups is 1. The fraction of sp³-hybridized carbons (Fsp3) is 0.450. The Morgan fingerprint density at radius 2 is 1.61 bits per heavy atom. The van der Waals surface area contributed by atoms with Gasteiger partial charge in [-0.3, -0.25) is 9.59 Å². The first-order chi connectivity index (χ1) is 13.4. The molecule has 0 aliphatic carbocycles. The zero-order chi connectivity index (χ0) is 20.8. The molecule has 1 rings (SSSR count). The van der Waals surface area contributed by atoms with Crippen LogP contribution in [0, 0.1) is 5.92 Å². The fourth-order valence-corrected chi connectivity index (χ4v) is 1.89. The van der Waals surface area contributed by atoms with E-state index < -0.39 is 17.9 Å². The molecule has 8 heteroatoms. The molecule has 0 radical (unpaired) electrons. The molecular formula is C20H26O8. The lowest BCUT2D eigenvalue weighted by Crippen LogP contribution is -2.18. The molecule has 1 unspecified atom stereocenters. The molecule has 1 N–H and O–H groups in total. The van der Waals surface area contributed by atoms with Crippen LogP contribution in [0.3, 0.4) is 0 Å². The van der Waals surface area contributed by atoms with Gasteiger partial charge in [0.05, 0.1) is 39.3 Å². The normalized spacial score (nSPS) is 11.2. The maximum absolute atomic E-state index is 11.6. The van der Waals surface area contributed by atoms with E-state index in [0.29, 0.717) is 18.8 Å². The van der Waals surface area contributed by atoms with Crippen LogP contribution < -0.4 is 4.74 Å². The van der Waals surface area contributed by atoms with Gasteiger partial charge in [0.25, 0.3) is 0 Å². The second-order valence-electron chi connectivity index (χ2n) is 6.04. The summed E-state index contributed by atoms with van der Waals surface area (Å²) in [5.74, 6) is -0.933. The minimum absolute atomic E-state index is 0.0719. The van der Waals surface area contributed by atoms with Crippen molar-refractivity contribution in [3.8, 4) is 11.5 Å². The molecule has 0 aromatic heterocycles. The topological polar surface area (TPSA) is 108 Å². The van der Waals surface area contributed by atoms with Gasteiger partial charge in [0.1, 0.15) is 11.5 Å². The SMILES string of the molecule is C=CC(=O)OCC(C)COC(=O)CCC(=O)OCCCOc1ccc(O)cc1. The summed E-state index contributed by atoms with van der Waals surface area (Å²) in [7, 11) is 0. The highest BCUT2D eigenvalue weighted by Crippen LogP contribution is 2.15. The van der Waals surface area contributed by atoms with Gasteiger partial charge in [-0.05, 0) is 24.3 Å². The predicted molar refractivity (Wildman–Crippen MR) is 99.7 cm³/mol. The Bertz CT molecular complexity index is 638. The van der Waals surface area contributed by atoms with E-state index in [1.807, 2.05) is 0 Å². The Hall–Kier alpha value is -3.03. The van der Waals surface area contributed by atoms with E-state index in [2.05, 4.69) is 6.58 Å². The van der Waals surface area contributed by atoms with E-state index in [4.69, 9.17) is 24.1 Å². The molecule has 0 aliphatic rings. The number of carbonyl (C=O) groups is 3. The van der Waals surface area contributed by atoms with E-state index in [1.54, 1.807) is 19.1 Å². The lowest BCUT2D eigenvalue weighted by molar-refractivity contribution is -0.152. The Kier molecular flexibility index (Phi) is 10.8. The zero-order valence-electron chi connectivity index (χ0n) is 15.9. The van der Waals surface area contributed by atoms with Gasteiger partial charge in [-0.15, -0.1) is 0 Å². The van der Waals surface area contributed by atoms with Crippen molar-refractivity contribution < 1.29 is 38.4 Å². The second kappa shape index (κ2) is 13.2. The van der Waals surface area contributed by atoms with Crippen LogP contribution in [0.15, 0.2) is 36.9 Å². The lowest BCUT2D eigenvalue weighted by Gasteiger charge is -2.12. The Balaban J connectivity index is 2.04. The molecule has 0 heterocycles. The van der Waals surface area contributed by atoms with Gasteiger partial charge in [0, 0.05) is 18.4 Å². The fourth-order valence-electron chi connectivity index (χ4n) is 1.89. The highest BCUT2D eigenvalue weighted by Gasteiger charge is 2.12. The highest BCUT2D eigenvalue weighted by atomic mass is 16.5. The first kappa shape index (κ1) is 23.0. The van der Waals surface area contributed by atoms with Crippen molar-refractivity contribution in [1.29, 1.82) is 0 Å². The third kappa shape index (κ3) is 10.8. The number of esters is 3. The van der Waals surface area contributed by atoms with Crippen molar-refractivity contribution in [3.05, 3.63) is 36.9 Å². The molecule has 0 amide bonds. The van der Waals surface area contributed by atoms with Crippen molar-refractivity contribution in [2.24, 2.45) is 5.92 Å². The average molecular weight is 394 g/mol. The smallest absolute Gasteiger partial charge is 0.330 e. The van der Waals surface area contributed by atoms with Crippen molar-refractivity contribution in [3.63, 3.8) is 0 Å². The van der Waals surface area contributed by atoms with E-state index in [-0.39, 0.29) is 44.3 Å². The molecular weight excluding hydrogens is 368 g/mol. The highest BCUT2D eigenvalue weighted by molar-refractivity contribution is 5.81. The number of benzene rings is 1. The van der Waals surface area contributed by atoms with Crippen LogP contribution in [0.4, 0.5) is 0 Å². The average Bonchev–Trinajstić information content (AvgIpc) is 2.69. The molecule has 0 saturated carbocycles. The Morgan fingerprint density at radius 1 is 1.00 bits per heavy atom. The summed E-state index contributed by atoms with van der Waals surface area (Å²) in [4.78, 5) is 34.1. The van der Waals surface area contributed by atoms with Crippen molar-refractivity contribution in [2.45, 2.75) is 26.2 Å². The van der Waals surface area contributed by atoms with Crippen LogP contribution in [-0.2, 0) is 28.6 Å². The monoisotopic (exact) mass is 394 g/mol. The molecule has 8 nitrogen and oxygen atoms in total. The summed E-state index contributed by atoms with van der Waals surface area (Å²) in [6.45, 7) is 5.79. The summed E-state index contributed by atoms with van der Waals surface area (Å²) >= 11 is 0. The maximum atomic E-state index is 11.6. The predicted octanol–water partition coefficient (Wildman–Crippen LogP) is 2.39. The van der Waals surface area contributed by atoms with E-state index in [1.165, 1.54) is 12.1 Å². The second-order valence-corrected chi connectivity index (χ2v) is 6.04. The first-order valence-electron chi connectivity index (χ1n) is 8.93. The van der Waals surface area contributed by atoms with E-state index in [9.17, 15) is 14.4 Å². The van der Waals surface area contributed by atoms with Gasteiger partial charge in [-0.25, -0.2) is 4.79 Å². The lowest BCUT2D eigenvalue weighted by atomic mass is 10.2. The number of rotatable bonds is 13. The van der Waals surface area contributed by atoms with Gasteiger partial charge < -0.3 is 24.1 Å². The quantitative estimate of drug-likeness (QED) is 0.235. The van der Waals surface area contributed by atoms with Crippen molar-refractivity contribution in [2.75, 3.05) is 26.4 Å². The van der Waals surface area contributed by atoms with Crippen molar-refractivity contribution >= 4 is 17.9 Å². The standard InChI is InChI=1S/C20H26O8/c1-3-18(22)27-13-15(2)14-28-20(24)10-9-19(23)26-12-4-11-25-17-7-5-16(21)6-8-17/h3,5-8,15,21H,1,4,9-14H2,2H3. The van der Waals surface area contributed by atoms with Crippen LogP contribution in [0.25, 0.3) is 0 Å². The zero-order valence-corrected chi connectivity index (χ0v) is 15.9. The number of ether oxygens (including phenoxy) is 4. The van der Waals surface area contributed by atoms with Crippen LogP contribution in [0.1, 0.15) is 26.2 Å². The van der Waals surface area contributed by atoms with Gasteiger partial charge in [-0.1, -0.05) is 13.5 Å². The largest absolute Gasteiger partial charge is 0.508 e. The third-order valence-electron chi connectivity index (χ3n) is 3.40. The van der Waals surface area contributed by atoms with Crippen molar-refractivity contribution in [1.82, 2.24) is 0 Å². The minimum atomic E-state index is -0.533. The molecule has 28 heavy (non-hydrogen) atoms. The molecule has 0 bridgehead atoms. The Labute approximate surface area is 164 Å². The first-order valence-corrected chi connectivity index (χ1v) is 8.93. The summed E-state index contributed by atoms with van der Waals surface area (Å²) < 4.78 is 20.3. The van der Waals surface area contributed by atoms with Gasteiger partial charge in [0.15, 0.2) is 0 Å². The minimum Gasteiger partial charge on any atom is -0.508 e. The molecule has 1 aromatic carbocycles. The third-order valence-corrected chi connectivity index (χ3v) is 3.40. The van der Waals surface area contributed by atoms with E-state index >= 15 is 0 Å². The van der Waals surface area contributed by atoms with Gasteiger partial charge in [0.2, 0.25) is 0 Å². The molecule has 0 aliphatic heterocycles. The maximum Gasteiger partial charge on any atom is 0.330 e. The summed E-state index contributed by atoms with van der Waals surface area (Å²) in [5, 5.41) is 9.16. The summed E-state index contributed by atoms with van der Waals surface area (Å²) in [6.07, 6.45) is 1.40. The van der Waals surface area contributed by atoms with Crippen LogP contribution in [0.5, 0.6) is 11.5 Å². The molecule has 0 saturated heterocycles.